The van der Waals surface area contributed by atoms with Crippen molar-refractivity contribution in [2.75, 3.05) is 26.7 Å². The third kappa shape index (κ3) is 6.72. The molecule has 37 heavy (non-hydrogen) atoms. The number of aryl methyl sites for hydroxylation is 1. The third-order valence-electron chi connectivity index (χ3n) is 6.44. The predicted octanol–water partition coefficient (Wildman–Crippen LogP) is 4.22. The number of esters is 1. The van der Waals surface area contributed by atoms with Gasteiger partial charge in [0.15, 0.2) is 0 Å². The molecule has 9 nitrogen and oxygen atoms in total. The molecule has 2 aliphatic heterocycles. The summed E-state index contributed by atoms with van der Waals surface area (Å²) in [5.74, 6) is -0.683. The van der Waals surface area contributed by atoms with Gasteiger partial charge in [0.05, 0.1) is 35.7 Å². The number of ether oxygens (including phenoxy) is 2. The van der Waals surface area contributed by atoms with Crippen LogP contribution >= 0.6 is 0 Å². The Bertz CT molecular complexity index is 1190. The first-order valence-corrected chi connectivity index (χ1v) is 12.4. The first kappa shape index (κ1) is 27.8. The van der Waals surface area contributed by atoms with E-state index in [2.05, 4.69) is 30.4 Å². The van der Waals surface area contributed by atoms with E-state index in [1.165, 1.54) is 24.4 Å². The summed E-state index contributed by atoms with van der Waals surface area (Å²) >= 11 is 0. The number of fused-ring (bicyclic) bond motifs is 1. The van der Waals surface area contributed by atoms with Crippen LogP contribution in [-0.2, 0) is 15.9 Å². The van der Waals surface area contributed by atoms with Crippen LogP contribution < -0.4 is 0 Å². The summed E-state index contributed by atoms with van der Waals surface area (Å²) in [5.41, 5.74) is 4.30. The van der Waals surface area contributed by atoms with Crippen molar-refractivity contribution in [2.45, 2.75) is 59.1 Å². The van der Waals surface area contributed by atoms with Crippen LogP contribution in [0.2, 0.25) is 0 Å². The number of nitrogens with zero attached hydrogens (tertiary/aromatic N) is 4. The minimum atomic E-state index is -0.551. The fraction of sp³-hybridized carbons (Fsp3) is 0.464. The molecule has 2 amide bonds. The lowest BCUT2D eigenvalue weighted by Crippen LogP contribution is -2.47. The summed E-state index contributed by atoms with van der Waals surface area (Å²) < 4.78 is 10.1. The Hall–Kier alpha value is -3.75. The van der Waals surface area contributed by atoms with Gasteiger partial charge in [-0.1, -0.05) is 6.58 Å². The first-order chi connectivity index (χ1) is 17.4. The second-order valence-electron chi connectivity index (χ2n) is 10.2. The normalized spacial score (nSPS) is 16.9. The van der Waals surface area contributed by atoms with Gasteiger partial charge in [-0.05, 0) is 70.4 Å². The summed E-state index contributed by atoms with van der Waals surface area (Å²) in [6, 6.07) is 3.48. The Balaban J connectivity index is 0.000000319. The zero-order valence-corrected chi connectivity index (χ0v) is 22.5. The highest BCUT2D eigenvalue weighted by atomic mass is 16.6. The Morgan fingerprint density at radius 3 is 2.54 bits per heavy atom. The van der Waals surface area contributed by atoms with Crippen molar-refractivity contribution >= 4 is 24.0 Å². The smallest absolute Gasteiger partial charge is 0.410 e. The molecular weight excluding hydrogens is 472 g/mol. The SMILES string of the molecule is C=Cc1nccc(C)c1C.COC(=O)c1cnc2c(c1)C(=O)N(C1CCN(C(=O)OC(C)(C)C)C1)CC2. The number of carbonyl (C=O) groups is 3. The summed E-state index contributed by atoms with van der Waals surface area (Å²) in [6.07, 6.45) is 5.98. The number of likely N-dealkylation sites (tertiary alicyclic amines) is 1. The average molecular weight is 509 g/mol. The quantitative estimate of drug-likeness (QED) is 0.572. The fourth-order valence-electron chi connectivity index (χ4n) is 4.29. The molecule has 2 aliphatic rings. The minimum absolute atomic E-state index is 0.0695. The standard InChI is InChI=1S/C19H25N3O5.C9H11N/c1-19(2,3)27-18(25)21-7-5-13(11-21)22-8-6-15-14(16(22)23)9-12(10-20-15)17(24)26-4;1-4-9-8(3)7(2)5-6-10-9/h9-10,13H,5-8,11H2,1-4H3;4-6H,1H2,2-3H3. The van der Waals surface area contributed by atoms with E-state index in [4.69, 9.17) is 9.47 Å². The maximum atomic E-state index is 13.0. The molecule has 9 heteroatoms. The highest BCUT2D eigenvalue weighted by Crippen LogP contribution is 2.25. The lowest BCUT2D eigenvalue weighted by atomic mass is 10.0. The molecule has 0 spiro atoms. The Labute approximate surface area is 218 Å². The van der Waals surface area contributed by atoms with E-state index < -0.39 is 11.6 Å². The fourth-order valence-corrected chi connectivity index (χ4v) is 4.29. The zero-order chi connectivity index (χ0) is 27.3. The van der Waals surface area contributed by atoms with Crippen LogP contribution in [0.5, 0.6) is 0 Å². The number of rotatable bonds is 3. The molecule has 2 aromatic heterocycles. The zero-order valence-electron chi connectivity index (χ0n) is 22.5. The van der Waals surface area contributed by atoms with Crippen molar-refractivity contribution < 1.29 is 23.9 Å². The van der Waals surface area contributed by atoms with Gasteiger partial charge in [0.1, 0.15) is 5.60 Å². The molecule has 0 bridgehead atoms. The number of hydrogen-bond donors (Lipinski definition) is 0. The van der Waals surface area contributed by atoms with Gasteiger partial charge in [-0.15, -0.1) is 0 Å². The number of pyridine rings is 2. The van der Waals surface area contributed by atoms with Gasteiger partial charge in [-0.2, -0.15) is 0 Å². The second-order valence-corrected chi connectivity index (χ2v) is 10.2. The van der Waals surface area contributed by atoms with Crippen LogP contribution in [0.4, 0.5) is 4.79 Å². The number of carbonyl (C=O) groups excluding carboxylic acids is 3. The molecule has 2 aromatic rings. The van der Waals surface area contributed by atoms with Crippen molar-refractivity contribution in [1.29, 1.82) is 0 Å². The van der Waals surface area contributed by atoms with Crippen LogP contribution in [0.15, 0.2) is 31.1 Å². The Kier molecular flexibility index (Phi) is 8.68. The predicted molar refractivity (Wildman–Crippen MR) is 140 cm³/mol. The largest absolute Gasteiger partial charge is 0.465 e. The lowest BCUT2D eigenvalue weighted by Gasteiger charge is -2.33. The summed E-state index contributed by atoms with van der Waals surface area (Å²) in [6.45, 7) is 14.8. The van der Waals surface area contributed by atoms with Gasteiger partial charge in [-0.25, -0.2) is 9.59 Å². The molecule has 4 heterocycles. The summed E-state index contributed by atoms with van der Waals surface area (Å²) in [7, 11) is 1.29. The minimum Gasteiger partial charge on any atom is -0.465 e. The highest BCUT2D eigenvalue weighted by Gasteiger charge is 2.37. The molecule has 1 unspecified atom stereocenters. The van der Waals surface area contributed by atoms with E-state index in [-0.39, 0.29) is 23.6 Å². The van der Waals surface area contributed by atoms with Crippen molar-refractivity contribution in [1.82, 2.24) is 19.8 Å². The van der Waals surface area contributed by atoms with Crippen molar-refractivity contribution in [3.05, 3.63) is 64.7 Å². The van der Waals surface area contributed by atoms with E-state index in [0.717, 1.165) is 5.69 Å². The number of aromatic nitrogens is 2. The van der Waals surface area contributed by atoms with Crippen LogP contribution in [0, 0.1) is 13.8 Å². The van der Waals surface area contributed by atoms with E-state index in [0.29, 0.717) is 43.7 Å². The topological polar surface area (TPSA) is 102 Å². The molecule has 0 aromatic carbocycles. The van der Waals surface area contributed by atoms with E-state index in [9.17, 15) is 14.4 Å². The third-order valence-corrected chi connectivity index (χ3v) is 6.44. The first-order valence-electron chi connectivity index (χ1n) is 12.4. The second kappa shape index (κ2) is 11.5. The molecule has 0 radical (unpaired) electrons. The van der Waals surface area contributed by atoms with Gasteiger partial charge < -0.3 is 19.3 Å². The molecule has 198 valence electrons. The molecule has 1 atom stereocenters. The van der Waals surface area contributed by atoms with Crippen molar-refractivity contribution in [3.63, 3.8) is 0 Å². The van der Waals surface area contributed by atoms with Crippen LogP contribution in [0.25, 0.3) is 6.08 Å². The van der Waals surface area contributed by atoms with Crippen molar-refractivity contribution in [2.24, 2.45) is 0 Å². The molecule has 1 saturated heterocycles. The van der Waals surface area contributed by atoms with Crippen LogP contribution in [0.3, 0.4) is 0 Å². The average Bonchev–Trinajstić information content (AvgIpc) is 3.35. The van der Waals surface area contributed by atoms with Crippen LogP contribution in [0.1, 0.15) is 70.4 Å². The maximum absolute atomic E-state index is 13.0. The Morgan fingerprint density at radius 1 is 1.19 bits per heavy atom. The molecular formula is C28H36N4O5. The number of hydrogen-bond acceptors (Lipinski definition) is 7. The van der Waals surface area contributed by atoms with Crippen molar-refractivity contribution in [3.8, 4) is 0 Å². The van der Waals surface area contributed by atoms with Gasteiger partial charge in [0.2, 0.25) is 0 Å². The maximum Gasteiger partial charge on any atom is 0.410 e. The number of amides is 2. The highest BCUT2D eigenvalue weighted by molar-refractivity contribution is 5.99. The molecule has 0 saturated carbocycles. The lowest BCUT2D eigenvalue weighted by molar-refractivity contribution is 0.0274. The summed E-state index contributed by atoms with van der Waals surface area (Å²) in [5, 5.41) is 0. The molecule has 1 fully saturated rings. The van der Waals surface area contributed by atoms with Gasteiger partial charge in [-0.3, -0.25) is 14.8 Å². The monoisotopic (exact) mass is 508 g/mol. The van der Waals surface area contributed by atoms with Gasteiger partial charge in [0, 0.05) is 38.4 Å². The molecule has 0 N–H and O–H groups in total. The van der Waals surface area contributed by atoms with E-state index in [1.54, 1.807) is 28.1 Å². The summed E-state index contributed by atoms with van der Waals surface area (Å²) in [4.78, 5) is 48.8. The molecule has 4 rings (SSSR count). The van der Waals surface area contributed by atoms with E-state index >= 15 is 0 Å². The van der Waals surface area contributed by atoms with Gasteiger partial charge >= 0.3 is 12.1 Å². The van der Waals surface area contributed by atoms with E-state index in [1.807, 2.05) is 26.8 Å². The van der Waals surface area contributed by atoms with Crippen LogP contribution in [-0.4, -0.2) is 76.1 Å². The van der Waals surface area contributed by atoms with Gasteiger partial charge in [0.25, 0.3) is 5.91 Å². The number of methoxy groups -OCH3 is 1. The molecule has 0 aliphatic carbocycles. The Morgan fingerprint density at radius 2 is 1.92 bits per heavy atom.